The van der Waals surface area contributed by atoms with Crippen molar-refractivity contribution in [3.63, 3.8) is 0 Å². The lowest BCUT2D eigenvalue weighted by molar-refractivity contribution is -0.225. The van der Waals surface area contributed by atoms with E-state index < -0.39 is 17.8 Å². The third-order valence-electron chi connectivity index (χ3n) is 7.09. The van der Waals surface area contributed by atoms with Crippen molar-refractivity contribution in [2.45, 2.75) is 77.2 Å². The molecule has 1 heterocycles. The number of rotatable bonds is 5. The molecule has 0 radical (unpaired) electrons. The first-order valence-corrected chi connectivity index (χ1v) is 11.4. The van der Waals surface area contributed by atoms with Crippen LogP contribution in [0.15, 0.2) is 36.4 Å². The molecule has 0 spiro atoms. The van der Waals surface area contributed by atoms with Gasteiger partial charge in [-0.25, -0.2) is 4.39 Å². The second-order valence-corrected chi connectivity index (χ2v) is 9.02. The molecule has 4 rings (SSSR count). The van der Waals surface area contributed by atoms with Crippen LogP contribution in [0.5, 0.6) is 5.75 Å². The van der Waals surface area contributed by atoms with Gasteiger partial charge in [0.15, 0.2) is 11.6 Å². The average molecular weight is 417 g/mol. The molecule has 162 valence electrons. The van der Waals surface area contributed by atoms with Gasteiger partial charge in [0.05, 0.1) is 5.92 Å². The van der Waals surface area contributed by atoms with Crippen LogP contribution < -0.4 is 4.74 Å². The lowest BCUT2D eigenvalue weighted by Gasteiger charge is -2.32. The summed E-state index contributed by atoms with van der Waals surface area (Å²) in [5.74, 6) is -0.467. The number of hydrogen-bond donors (Lipinski definition) is 0. The van der Waals surface area contributed by atoms with Crippen molar-refractivity contribution in [3.05, 3.63) is 53.3 Å². The predicted molar refractivity (Wildman–Crippen MR) is 115 cm³/mol. The first-order valence-electron chi connectivity index (χ1n) is 11.4. The molecule has 2 aliphatic rings. The Morgan fingerprint density at radius 3 is 2.30 bits per heavy atom. The minimum absolute atomic E-state index is 0.135. The van der Waals surface area contributed by atoms with Gasteiger partial charge in [0.1, 0.15) is 0 Å². The maximum absolute atomic E-state index is 15.1. The molecule has 2 aromatic carbocycles. The molecule has 0 aromatic heterocycles. The topological polar surface area (TPSA) is 9.23 Å². The van der Waals surface area contributed by atoms with Gasteiger partial charge in [0, 0.05) is 5.56 Å². The van der Waals surface area contributed by atoms with Crippen LogP contribution in [0, 0.1) is 17.7 Å². The van der Waals surface area contributed by atoms with Crippen LogP contribution in [0.25, 0.3) is 11.1 Å². The summed E-state index contributed by atoms with van der Waals surface area (Å²) < 4.78 is 48.4. The fourth-order valence-corrected chi connectivity index (χ4v) is 5.20. The second-order valence-electron chi connectivity index (χ2n) is 9.02. The van der Waals surface area contributed by atoms with Gasteiger partial charge in [-0.3, -0.25) is 0 Å². The summed E-state index contributed by atoms with van der Waals surface area (Å²) in [4.78, 5) is 0. The number of ether oxygens (including phenoxy) is 1. The SMILES string of the molecule is CCCC1CCC(c2ccc(-c3ccc4c(c3F)OC(F)(F)C(CC)C4)cc2)CC1. The summed E-state index contributed by atoms with van der Waals surface area (Å²) in [7, 11) is 0. The van der Waals surface area contributed by atoms with Gasteiger partial charge in [0.25, 0.3) is 0 Å². The number of hydrogen-bond acceptors (Lipinski definition) is 1. The van der Waals surface area contributed by atoms with Crippen molar-refractivity contribution < 1.29 is 17.9 Å². The summed E-state index contributed by atoms with van der Waals surface area (Å²) in [6.07, 6.45) is 4.65. The van der Waals surface area contributed by atoms with Gasteiger partial charge in [-0.1, -0.05) is 63.1 Å². The Balaban J connectivity index is 1.53. The Bertz CT molecular complexity index is 867. The Morgan fingerprint density at radius 1 is 0.967 bits per heavy atom. The Labute approximate surface area is 177 Å². The lowest BCUT2D eigenvalue weighted by atomic mass is 9.77. The molecule has 1 fully saturated rings. The van der Waals surface area contributed by atoms with Gasteiger partial charge in [-0.15, -0.1) is 0 Å². The Kier molecular flexibility index (Phi) is 6.13. The Morgan fingerprint density at radius 2 is 1.67 bits per heavy atom. The highest BCUT2D eigenvalue weighted by molar-refractivity contribution is 5.68. The van der Waals surface area contributed by atoms with Crippen molar-refractivity contribution in [2.75, 3.05) is 0 Å². The van der Waals surface area contributed by atoms with E-state index in [1.807, 2.05) is 12.1 Å². The molecule has 1 aliphatic carbocycles. The van der Waals surface area contributed by atoms with Crippen molar-refractivity contribution in [2.24, 2.45) is 11.8 Å². The van der Waals surface area contributed by atoms with Crippen LogP contribution >= 0.6 is 0 Å². The van der Waals surface area contributed by atoms with Crippen LogP contribution in [-0.4, -0.2) is 6.11 Å². The smallest absolute Gasteiger partial charge is 0.401 e. The number of halogens is 3. The van der Waals surface area contributed by atoms with Crippen molar-refractivity contribution in [1.82, 2.24) is 0 Å². The van der Waals surface area contributed by atoms with E-state index in [1.54, 1.807) is 19.1 Å². The normalized spacial score (nSPS) is 25.4. The molecule has 1 saturated carbocycles. The summed E-state index contributed by atoms with van der Waals surface area (Å²) >= 11 is 0. The zero-order chi connectivity index (χ0) is 21.3. The van der Waals surface area contributed by atoms with E-state index in [1.165, 1.54) is 44.1 Å². The highest BCUT2D eigenvalue weighted by Gasteiger charge is 2.46. The third kappa shape index (κ3) is 4.10. The first-order chi connectivity index (χ1) is 14.4. The van der Waals surface area contributed by atoms with E-state index in [-0.39, 0.29) is 18.6 Å². The van der Waals surface area contributed by atoms with Gasteiger partial charge in [-0.05, 0) is 67.1 Å². The molecule has 0 amide bonds. The van der Waals surface area contributed by atoms with Crippen LogP contribution in [0.4, 0.5) is 13.2 Å². The van der Waals surface area contributed by atoms with Crippen molar-refractivity contribution in [1.29, 1.82) is 0 Å². The zero-order valence-electron chi connectivity index (χ0n) is 17.9. The Hall–Kier alpha value is -1.97. The molecule has 30 heavy (non-hydrogen) atoms. The molecule has 1 unspecified atom stereocenters. The van der Waals surface area contributed by atoms with Gasteiger partial charge >= 0.3 is 6.11 Å². The number of benzene rings is 2. The molecule has 1 aliphatic heterocycles. The highest BCUT2D eigenvalue weighted by Crippen LogP contribution is 2.44. The molecule has 0 bridgehead atoms. The molecule has 0 N–H and O–H groups in total. The van der Waals surface area contributed by atoms with Crippen LogP contribution in [0.3, 0.4) is 0 Å². The molecule has 2 aromatic rings. The standard InChI is InChI=1S/C26H31F3O/c1-3-5-17-6-8-18(9-7-17)19-10-12-20(13-11-19)23-15-14-21-16-22(4-2)26(28,29)30-25(21)24(23)27/h10-15,17-18,22H,3-9,16H2,1-2H3. The maximum Gasteiger partial charge on any atom is 0.401 e. The van der Waals surface area contributed by atoms with Crippen molar-refractivity contribution >= 4 is 0 Å². The van der Waals surface area contributed by atoms with E-state index >= 15 is 4.39 Å². The van der Waals surface area contributed by atoms with Crippen LogP contribution in [0.2, 0.25) is 0 Å². The summed E-state index contributed by atoms with van der Waals surface area (Å²) in [6, 6.07) is 11.4. The summed E-state index contributed by atoms with van der Waals surface area (Å²) in [6.45, 7) is 3.95. The van der Waals surface area contributed by atoms with Crippen LogP contribution in [0.1, 0.15) is 75.8 Å². The third-order valence-corrected chi connectivity index (χ3v) is 7.09. The van der Waals surface area contributed by atoms with Crippen molar-refractivity contribution in [3.8, 4) is 16.9 Å². The van der Waals surface area contributed by atoms with Crippen LogP contribution in [-0.2, 0) is 6.42 Å². The number of alkyl halides is 2. The fourth-order valence-electron chi connectivity index (χ4n) is 5.20. The van der Waals surface area contributed by atoms with E-state index in [9.17, 15) is 8.78 Å². The molecule has 0 saturated heterocycles. The van der Waals surface area contributed by atoms with E-state index in [0.717, 1.165) is 5.92 Å². The second kappa shape index (κ2) is 8.64. The molecular formula is C26H31F3O. The minimum atomic E-state index is -3.33. The summed E-state index contributed by atoms with van der Waals surface area (Å²) in [5, 5.41) is 0. The monoisotopic (exact) mass is 416 g/mol. The highest BCUT2D eigenvalue weighted by atomic mass is 19.3. The molecule has 4 heteroatoms. The first kappa shape index (κ1) is 21.3. The summed E-state index contributed by atoms with van der Waals surface area (Å²) in [5.41, 5.74) is 2.83. The van der Waals surface area contributed by atoms with E-state index in [4.69, 9.17) is 4.74 Å². The molecule has 1 nitrogen and oxygen atoms in total. The molecular weight excluding hydrogens is 385 g/mol. The quantitative estimate of drug-likeness (QED) is 0.478. The zero-order valence-corrected chi connectivity index (χ0v) is 17.9. The lowest BCUT2D eigenvalue weighted by Crippen LogP contribution is -2.39. The predicted octanol–water partition coefficient (Wildman–Crippen LogP) is 8.12. The van der Waals surface area contributed by atoms with Gasteiger partial charge in [-0.2, -0.15) is 8.78 Å². The van der Waals surface area contributed by atoms with Gasteiger partial charge in [0.2, 0.25) is 0 Å². The maximum atomic E-state index is 15.1. The average Bonchev–Trinajstić information content (AvgIpc) is 2.75. The van der Waals surface area contributed by atoms with E-state index in [2.05, 4.69) is 19.1 Å². The van der Waals surface area contributed by atoms with Gasteiger partial charge < -0.3 is 4.74 Å². The number of fused-ring (bicyclic) bond motifs is 1. The fraction of sp³-hybridized carbons (Fsp3) is 0.538. The minimum Gasteiger partial charge on any atom is -0.429 e. The van der Waals surface area contributed by atoms with E-state index in [0.29, 0.717) is 22.6 Å². The molecule has 1 atom stereocenters. The largest absolute Gasteiger partial charge is 0.429 e.